The van der Waals surface area contributed by atoms with Crippen LogP contribution in [0.2, 0.25) is 0 Å². The van der Waals surface area contributed by atoms with Gasteiger partial charge in [0.1, 0.15) is 0 Å². The molecule has 0 bridgehead atoms. The number of carbonyl (C=O) groups is 1. The van der Waals surface area contributed by atoms with Gasteiger partial charge in [-0.2, -0.15) is 0 Å². The molecule has 0 aromatic heterocycles. The molecule has 0 saturated carbocycles. The van der Waals surface area contributed by atoms with Crippen LogP contribution in [0.5, 0.6) is 0 Å². The van der Waals surface area contributed by atoms with Gasteiger partial charge < -0.3 is 24.6 Å². The van der Waals surface area contributed by atoms with Crippen molar-refractivity contribution in [3.05, 3.63) is 95.1 Å². The van der Waals surface area contributed by atoms with Gasteiger partial charge in [-0.3, -0.25) is 9.69 Å². The fourth-order valence-corrected chi connectivity index (χ4v) is 6.07. The van der Waals surface area contributed by atoms with Crippen molar-refractivity contribution in [1.82, 2.24) is 10.2 Å². The quantitative estimate of drug-likeness (QED) is 0.348. The van der Waals surface area contributed by atoms with E-state index < -0.39 is 6.29 Å². The molecule has 2 heterocycles. The Morgan fingerprint density at radius 1 is 1.02 bits per heavy atom. The number of nitrogens with zero attached hydrogens (tertiary/aromatic N) is 1. The summed E-state index contributed by atoms with van der Waals surface area (Å²) in [6, 6.07) is 25.0. The van der Waals surface area contributed by atoms with E-state index in [4.69, 9.17) is 14.2 Å². The predicted octanol–water partition coefficient (Wildman–Crippen LogP) is 5.38. The van der Waals surface area contributed by atoms with E-state index in [0.717, 1.165) is 59.5 Å². The molecule has 0 unspecified atom stereocenters. The highest BCUT2D eigenvalue weighted by molar-refractivity contribution is 5.74. The van der Waals surface area contributed by atoms with Gasteiger partial charge in [0, 0.05) is 44.6 Å². The third-order valence-corrected chi connectivity index (χ3v) is 8.43. The number of hydrogen-bond donors (Lipinski definition) is 2. The van der Waals surface area contributed by atoms with Crippen LogP contribution < -0.4 is 5.32 Å². The van der Waals surface area contributed by atoms with Gasteiger partial charge in [-0.05, 0) is 47.2 Å². The second kappa shape index (κ2) is 13.7. The van der Waals surface area contributed by atoms with E-state index in [2.05, 4.69) is 59.6 Å². The van der Waals surface area contributed by atoms with Gasteiger partial charge in [0.2, 0.25) is 5.91 Å². The maximum absolute atomic E-state index is 11.5. The Morgan fingerprint density at radius 3 is 2.46 bits per heavy atom. The lowest BCUT2D eigenvalue weighted by molar-refractivity contribution is -0.276. The summed E-state index contributed by atoms with van der Waals surface area (Å²) in [5.41, 5.74) is 6.17. The molecule has 0 aliphatic carbocycles. The maximum atomic E-state index is 11.5. The van der Waals surface area contributed by atoms with Crippen molar-refractivity contribution in [3.63, 3.8) is 0 Å². The van der Waals surface area contributed by atoms with Crippen LogP contribution in [0.25, 0.3) is 11.1 Å². The van der Waals surface area contributed by atoms with E-state index in [1.54, 1.807) is 7.11 Å². The summed E-state index contributed by atoms with van der Waals surface area (Å²) in [5, 5.41) is 12.4. The minimum atomic E-state index is -0.508. The number of likely N-dealkylation sites (tertiary alicyclic amines) is 1. The van der Waals surface area contributed by atoms with E-state index in [1.165, 1.54) is 13.3 Å². The van der Waals surface area contributed by atoms with E-state index in [9.17, 15) is 9.90 Å². The highest BCUT2D eigenvalue weighted by atomic mass is 16.7. The summed E-state index contributed by atoms with van der Waals surface area (Å²) in [6.45, 7) is 6.86. The summed E-state index contributed by atoms with van der Waals surface area (Å²) in [7, 11) is 1.77. The molecule has 0 spiro atoms. The molecule has 3 aromatic rings. The largest absolute Gasteiger partial charge is 0.392 e. The summed E-state index contributed by atoms with van der Waals surface area (Å²) >= 11 is 0. The van der Waals surface area contributed by atoms with Crippen molar-refractivity contribution in [1.29, 1.82) is 0 Å². The molecule has 1 amide bonds. The Balaban J connectivity index is 1.40. The average molecular weight is 559 g/mol. The maximum Gasteiger partial charge on any atom is 0.217 e. The van der Waals surface area contributed by atoms with Crippen LogP contribution in [0.15, 0.2) is 72.8 Å². The highest BCUT2D eigenvalue weighted by Crippen LogP contribution is 2.42. The van der Waals surface area contributed by atoms with Gasteiger partial charge in [-0.15, -0.1) is 0 Å². The van der Waals surface area contributed by atoms with Gasteiger partial charge in [-0.25, -0.2) is 0 Å². The Kier molecular flexibility index (Phi) is 9.85. The standard InChI is InChI=1S/C34H42N2O5/c1-23-32(20-36-18-6-8-30(36)22-39-3)40-34(41-33(23)27-12-10-25(21-37)11-13-27)28-16-14-26(15-17-28)31-9-5-4-7-29(31)19-35-24(2)38/h4-5,7,9-17,23,30,32-34,37H,6,8,18-22H2,1-3H3,(H,35,38)/t23-,30-,32+,33+,34+/m0/s1. The third-order valence-electron chi connectivity index (χ3n) is 8.43. The molecule has 5 rings (SSSR count). The first kappa shape index (κ1) is 29.4. The summed E-state index contributed by atoms with van der Waals surface area (Å²) < 4.78 is 18.9. The van der Waals surface area contributed by atoms with Crippen molar-refractivity contribution >= 4 is 5.91 Å². The molecular weight excluding hydrogens is 516 g/mol. The molecule has 3 aromatic carbocycles. The van der Waals surface area contributed by atoms with Gasteiger partial charge in [0.25, 0.3) is 0 Å². The molecule has 218 valence electrons. The minimum absolute atomic E-state index is 0.0197. The minimum Gasteiger partial charge on any atom is -0.392 e. The van der Waals surface area contributed by atoms with E-state index in [-0.39, 0.29) is 30.6 Å². The fraction of sp³-hybridized carbons (Fsp3) is 0.441. The molecule has 2 aliphatic heterocycles. The second-order valence-corrected chi connectivity index (χ2v) is 11.3. The number of methoxy groups -OCH3 is 1. The topological polar surface area (TPSA) is 80.3 Å². The molecule has 41 heavy (non-hydrogen) atoms. The molecule has 2 N–H and O–H groups in total. The van der Waals surface area contributed by atoms with Gasteiger partial charge in [0.15, 0.2) is 6.29 Å². The summed E-state index contributed by atoms with van der Waals surface area (Å²) in [5.74, 6) is 0.0866. The SMILES string of the molecule is COC[C@@H]1CCCN1C[C@H]1O[C@@H](c2ccc(-c3ccccc3CNC(C)=O)cc2)O[C@@H](c2ccc(CO)cc2)[C@H]1C. The van der Waals surface area contributed by atoms with Gasteiger partial charge in [-0.1, -0.05) is 79.7 Å². The number of aliphatic hydroxyl groups excluding tert-OH is 1. The molecular formula is C34H42N2O5. The molecule has 2 aliphatic rings. The molecule has 5 atom stereocenters. The Bertz CT molecular complexity index is 1280. The lowest BCUT2D eigenvalue weighted by atomic mass is 9.89. The molecule has 7 heteroatoms. The fourth-order valence-electron chi connectivity index (χ4n) is 6.07. The highest BCUT2D eigenvalue weighted by Gasteiger charge is 2.40. The molecule has 0 radical (unpaired) electrons. The zero-order valence-corrected chi connectivity index (χ0v) is 24.3. The van der Waals surface area contributed by atoms with Crippen molar-refractivity contribution in [3.8, 4) is 11.1 Å². The van der Waals surface area contributed by atoms with E-state index in [0.29, 0.717) is 12.6 Å². The number of ether oxygens (including phenoxy) is 3. The van der Waals surface area contributed by atoms with Crippen LogP contribution in [-0.4, -0.2) is 54.9 Å². The summed E-state index contributed by atoms with van der Waals surface area (Å²) in [6.07, 6.45) is 1.64. The third kappa shape index (κ3) is 7.05. The number of benzene rings is 3. The van der Waals surface area contributed by atoms with Crippen molar-refractivity contribution in [2.45, 2.75) is 64.4 Å². The molecule has 2 saturated heterocycles. The van der Waals surface area contributed by atoms with Crippen LogP contribution in [0, 0.1) is 5.92 Å². The van der Waals surface area contributed by atoms with E-state index in [1.807, 2.05) is 30.3 Å². The zero-order chi connectivity index (χ0) is 28.8. The van der Waals surface area contributed by atoms with Crippen LogP contribution >= 0.6 is 0 Å². The first-order valence-corrected chi connectivity index (χ1v) is 14.6. The van der Waals surface area contributed by atoms with Crippen LogP contribution in [0.3, 0.4) is 0 Å². The average Bonchev–Trinajstić information content (AvgIpc) is 3.44. The van der Waals surface area contributed by atoms with Gasteiger partial charge in [0.05, 0.1) is 25.4 Å². The lowest BCUT2D eigenvalue weighted by Crippen LogP contribution is -2.46. The lowest BCUT2D eigenvalue weighted by Gasteiger charge is -2.43. The van der Waals surface area contributed by atoms with Gasteiger partial charge >= 0.3 is 0 Å². The van der Waals surface area contributed by atoms with Crippen molar-refractivity contribution < 1.29 is 24.1 Å². The Morgan fingerprint density at radius 2 is 1.76 bits per heavy atom. The predicted molar refractivity (Wildman–Crippen MR) is 159 cm³/mol. The van der Waals surface area contributed by atoms with Crippen LogP contribution in [-0.2, 0) is 32.2 Å². The first-order valence-electron chi connectivity index (χ1n) is 14.6. The zero-order valence-electron chi connectivity index (χ0n) is 24.3. The van der Waals surface area contributed by atoms with Crippen LogP contribution in [0.4, 0.5) is 0 Å². The first-order chi connectivity index (χ1) is 20.0. The number of hydrogen-bond acceptors (Lipinski definition) is 6. The Hall–Kier alpha value is -3.07. The summed E-state index contributed by atoms with van der Waals surface area (Å²) in [4.78, 5) is 14.0. The number of amides is 1. The normalized spacial score (nSPS) is 24.8. The van der Waals surface area contributed by atoms with E-state index >= 15 is 0 Å². The molecule has 2 fully saturated rings. The van der Waals surface area contributed by atoms with Crippen molar-refractivity contribution in [2.75, 3.05) is 26.8 Å². The Labute approximate surface area is 243 Å². The van der Waals surface area contributed by atoms with Crippen molar-refractivity contribution in [2.24, 2.45) is 5.92 Å². The van der Waals surface area contributed by atoms with Crippen LogP contribution in [0.1, 0.15) is 61.3 Å². The monoisotopic (exact) mass is 558 g/mol. The number of aliphatic hydroxyl groups is 1. The number of rotatable bonds is 10. The number of carbonyl (C=O) groups excluding carboxylic acids is 1. The molecule has 7 nitrogen and oxygen atoms in total. The smallest absolute Gasteiger partial charge is 0.217 e. The second-order valence-electron chi connectivity index (χ2n) is 11.3. The number of nitrogens with one attached hydrogen (secondary N) is 1.